The lowest BCUT2D eigenvalue weighted by Crippen LogP contribution is -2.05. The van der Waals surface area contributed by atoms with Gasteiger partial charge in [-0.3, -0.25) is 0 Å². The van der Waals surface area contributed by atoms with Crippen LogP contribution in [0.1, 0.15) is 110 Å². The van der Waals surface area contributed by atoms with Crippen molar-refractivity contribution in [3.05, 3.63) is 166 Å². The molecule has 5 aromatic carbocycles. The lowest BCUT2D eigenvalue weighted by atomic mass is 9.96. The normalized spacial score (nSPS) is 11.8. The van der Waals surface area contributed by atoms with E-state index < -0.39 is 0 Å². The van der Waals surface area contributed by atoms with Crippen molar-refractivity contribution in [2.75, 3.05) is 13.2 Å². The number of allylic oxidation sites excluding steroid dienone is 2. The second-order valence-corrected chi connectivity index (χ2v) is 13.8. The minimum Gasteiger partial charge on any atom is -0.493 e. The SMILES string of the molecule is CCCCCCOc1cc(/C(C#N)=C/c2ccc(/C=C/c3ccccc3)cc2)c(OCCCCCC)cc1/C(C#N)=C/c1ccc(/C=C/c2ccccc2)cc1. The highest BCUT2D eigenvalue weighted by atomic mass is 16.5. The van der Waals surface area contributed by atoms with Crippen LogP contribution in [-0.2, 0) is 0 Å². The van der Waals surface area contributed by atoms with E-state index in [0.717, 1.165) is 84.7 Å². The van der Waals surface area contributed by atoms with E-state index in [9.17, 15) is 10.5 Å². The maximum absolute atomic E-state index is 10.6. The Hall–Kier alpha value is -6.36. The van der Waals surface area contributed by atoms with Crippen LogP contribution in [0.4, 0.5) is 0 Å². The van der Waals surface area contributed by atoms with Crippen LogP contribution in [0.3, 0.4) is 0 Å². The minimum atomic E-state index is 0.463. The first-order chi connectivity index (χ1) is 27.6. The van der Waals surface area contributed by atoms with Crippen molar-refractivity contribution < 1.29 is 9.47 Å². The van der Waals surface area contributed by atoms with Crippen LogP contribution >= 0.6 is 0 Å². The predicted molar refractivity (Wildman–Crippen MR) is 236 cm³/mol. The molecular formula is C52H52N2O2. The molecule has 0 saturated carbocycles. The van der Waals surface area contributed by atoms with Crippen LogP contribution in [0.5, 0.6) is 11.5 Å². The van der Waals surface area contributed by atoms with E-state index >= 15 is 0 Å². The summed E-state index contributed by atoms with van der Waals surface area (Å²) in [6.07, 6.45) is 20.6. The molecule has 0 aliphatic heterocycles. The van der Waals surface area contributed by atoms with Crippen molar-refractivity contribution in [3.8, 4) is 23.6 Å². The molecule has 5 aromatic rings. The first kappa shape index (κ1) is 40.8. The molecule has 0 amide bonds. The molecule has 0 bridgehead atoms. The molecule has 0 N–H and O–H groups in total. The highest BCUT2D eigenvalue weighted by molar-refractivity contribution is 5.96. The Morgan fingerprint density at radius 3 is 1.12 bits per heavy atom. The maximum atomic E-state index is 10.6. The molecule has 0 unspecified atom stereocenters. The Kier molecular flexibility index (Phi) is 16.6. The smallest absolute Gasteiger partial charge is 0.128 e. The molecule has 0 atom stereocenters. The summed E-state index contributed by atoms with van der Waals surface area (Å²) in [5.41, 5.74) is 8.43. The van der Waals surface area contributed by atoms with Gasteiger partial charge >= 0.3 is 0 Å². The van der Waals surface area contributed by atoms with Crippen molar-refractivity contribution in [1.82, 2.24) is 0 Å². The largest absolute Gasteiger partial charge is 0.493 e. The van der Waals surface area contributed by atoms with Gasteiger partial charge in [0.1, 0.15) is 11.5 Å². The van der Waals surface area contributed by atoms with Gasteiger partial charge in [0, 0.05) is 11.1 Å². The van der Waals surface area contributed by atoms with Crippen LogP contribution in [-0.4, -0.2) is 13.2 Å². The first-order valence-corrected chi connectivity index (χ1v) is 19.9. The summed E-state index contributed by atoms with van der Waals surface area (Å²) in [4.78, 5) is 0. The summed E-state index contributed by atoms with van der Waals surface area (Å²) in [6.45, 7) is 5.39. The quantitative estimate of drug-likeness (QED) is 0.0453. The Bertz CT molecular complexity index is 2000. The van der Waals surface area contributed by atoms with Crippen LogP contribution in [0.15, 0.2) is 121 Å². The Balaban J connectivity index is 1.50. The third-order valence-electron chi connectivity index (χ3n) is 9.44. The van der Waals surface area contributed by atoms with E-state index in [2.05, 4.69) is 98.8 Å². The molecule has 0 radical (unpaired) electrons. The monoisotopic (exact) mass is 736 g/mol. The number of nitrogens with zero attached hydrogens (tertiary/aromatic N) is 2. The Labute approximate surface area is 334 Å². The topological polar surface area (TPSA) is 66.0 Å². The Morgan fingerprint density at radius 1 is 0.446 bits per heavy atom. The lowest BCUT2D eigenvalue weighted by molar-refractivity contribution is 0.295. The number of hydrogen-bond donors (Lipinski definition) is 0. The van der Waals surface area contributed by atoms with Crippen molar-refractivity contribution in [1.29, 1.82) is 10.5 Å². The van der Waals surface area contributed by atoms with Gasteiger partial charge in [-0.1, -0.05) is 186 Å². The third-order valence-corrected chi connectivity index (χ3v) is 9.44. The van der Waals surface area contributed by atoms with Crippen molar-refractivity contribution >= 4 is 47.6 Å². The molecule has 0 aliphatic carbocycles. The van der Waals surface area contributed by atoms with Crippen LogP contribution in [0, 0.1) is 22.7 Å². The van der Waals surface area contributed by atoms with Gasteiger partial charge < -0.3 is 9.47 Å². The molecule has 282 valence electrons. The van der Waals surface area contributed by atoms with Gasteiger partial charge in [-0.25, -0.2) is 0 Å². The lowest BCUT2D eigenvalue weighted by Gasteiger charge is -2.18. The fourth-order valence-electron chi connectivity index (χ4n) is 6.24. The number of hydrogen-bond acceptors (Lipinski definition) is 4. The van der Waals surface area contributed by atoms with E-state index in [1.807, 2.05) is 84.9 Å². The van der Waals surface area contributed by atoms with Gasteiger partial charge in [0.2, 0.25) is 0 Å². The second kappa shape index (κ2) is 22.8. The highest BCUT2D eigenvalue weighted by Gasteiger charge is 2.19. The second-order valence-electron chi connectivity index (χ2n) is 13.8. The van der Waals surface area contributed by atoms with E-state index in [0.29, 0.717) is 47.0 Å². The molecule has 4 nitrogen and oxygen atoms in total. The molecular weight excluding hydrogens is 685 g/mol. The van der Waals surface area contributed by atoms with Crippen molar-refractivity contribution in [2.45, 2.75) is 65.2 Å². The number of benzene rings is 5. The third kappa shape index (κ3) is 12.9. The summed E-state index contributed by atoms with van der Waals surface area (Å²) in [5, 5.41) is 21.2. The zero-order valence-electron chi connectivity index (χ0n) is 32.8. The molecule has 0 saturated heterocycles. The summed E-state index contributed by atoms with van der Waals surface area (Å²) in [7, 11) is 0. The van der Waals surface area contributed by atoms with E-state index in [4.69, 9.17) is 9.47 Å². The number of ether oxygens (including phenoxy) is 2. The van der Waals surface area contributed by atoms with Gasteiger partial charge in [-0.2, -0.15) is 10.5 Å². The molecule has 0 spiro atoms. The van der Waals surface area contributed by atoms with Crippen molar-refractivity contribution in [2.24, 2.45) is 0 Å². The first-order valence-electron chi connectivity index (χ1n) is 19.9. The molecule has 0 aliphatic rings. The fraction of sp³-hybridized carbons (Fsp3) is 0.231. The zero-order chi connectivity index (χ0) is 39.2. The van der Waals surface area contributed by atoms with E-state index in [-0.39, 0.29) is 0 Å². The molecule has 0 aromatic heterocycles. The number of unbranched alkanes of at least 4 members (excludes halogenated alkanes) is 6. The average Bonchev–Trinajstić information content (AvgIpc) is 3.25. The highest BCUT2D eigenvalue weighted by Crippen LogP contribution is 2.38. The number of rotatable bonds is 20. The van der Waals surface area contributed by atoms with Gasteiger partial charge in [0.05, 0.1) is 36.5 Å². The maximum Gasteiger partial charge on any atom is 0.128 e. The van der Waals surface area contributed by atoms with Gasteiger partial charge in [0.25, 0.3) is 0 Å². The average molecular weight is 737 g/mol. The molecule has 4 heteroatoms. The Morgan fingerprint density at radius 2 is 0.786 bits per heavy atom. The van der Waals surface area contributed by atoms with E-state index in [1.165, 1.54) is 0 Å². The van der Waals surface area contributed by atoms with Gasteiger partial charge in [-0.05, 0) is 70.5 Å². The van der Waals surface area contributed by atoms with Crippen LogP contribution in [0.2, 0.25) is 0 Å². The summed E-state index contributed by atoms with van der Waals surface area (Å²) < 4.78 is 12.9. The molecule has 0 fully saturated rings. The molecule has 5 rings (SSSR count). The zero-order valence-corrected chi connectivity index (χ0v) is 32.8. The summed E-state index contributed by atoms with van der Waals surface area (Å²) in [5.74, 6) is 1.13. The fourth-order valence-corrected chi connectivity index (χ4v) is 6.24. The van der Waals surface area contributed by atoms with Crippen LogP contribution in [0.25, 0.3) is 47.6 Å². The molecule has 56 heavy (non-hydrogen) atoms. The van der Waals surface area contributed by atoms with Gasteiger partial charge in [-0.15, -0.1) is 0 Å². The van der Waals surface area contributed by atoms with Gasteiger partial charge in [0.15, 0.2) is 0 Å². The number of nitriles is 2. The summed E-state index contributed by atoms with van der Waals surface area (Å²) >= 11 is 0. The standard InChI is InChI=1S/C52H52N2O2/c1-3-5-7-15-33-55-51-37-50(48(40-54)36-46-31-27-44(28-32-46)24-22-42-19-13-10-14-20-42)52(56-34-16-8-6-4-2)38-49(51)47(39-53)35-45-29-25-43(26-30-45)23-21-41-17-11-9-12-18-41/h9-14,17-32,35-38H,3-8,15-16,33-34H2,1-2H3/b23-21+,24-22+,47-35+,48-36+. The van der Waals surface area contributed by atoms with Crippen LogP contribution < -0.4 is 9.47 Å². The predicted octanol–water partition coefficient (Wildman–Crippen LogP) is 14.1. The minimum absolute atomic E-state index is 0.463. The molecule has 0 heterocycles. The van der Waals surface area contributed by atoms with E-state index in [1.54, 1.807) is 0 Å². The van der Waals surface area contributed by atoms with Crippen molar-refractivity contribution in [3.63, 3.8) is 0 Å². The summed E-state index contributed by atoms with van der Waals surface area (Å²) in [6, 6.07) is 45.4.